The fraction of sp³-hybridized carbons (Fsp3) is 0.721. The Balaban J connectivity index is 4.53. The first-order chi connectivity index (χ1) is 33.0. The van der Waals surface area contributed by atoms with Gasteiger partial charge in [-0.05, 0) is 109 Å². The van der Waals surface area contributed by atoms with Crippen LogP contribution in [0.2, 0.25) is 0 Å². The lowest BCUT2D eigenvalue weighted by Crippen LogP contribution is -2.30. The van der Waals surface area contributed by atoms with E-state index in [2.05, 4.69) is 99.8 Å². The summed E-state index contributed by atoms with van der Waals surface area (Å²) in [4.78, 5) is 38.1. The maximum Gasteiger partial charge on any atom is 0.306 e. The molecule has 0 bridgehead atoms. The topological polar surface area (TPSA) is 78.9 Å². The first kappa shape index (κ1) is 63.6. The number of allylic oxidation sites excluding steroid dienone is 14. The van der Waals surface area contributed by atoms with Crippen molar-refractivity contribution in [3.63, 3.8) is 0 Å². The third-order valence-electron chi connectivity index (χ3n) is 11.9. The number of esters is 3. The zero-order chi connectivity index (χ0) is 48.6. The maximum absolute atomic E-state index is 12.8. The monoisotopic (exact) mass is 933 g/mol. The van der Waals surface area contributed by atoms with Crippen LogP contribution in [0.3, 0.4) is 0 Å². The molecule has 0 N–H and O–H groups in total. The van der Waals surface area contributed by atoms with E-state index in [1.165, 1.54) is 128 Å². The number of hydrogen-bond acceptors (Lipinski definition) is 6. The Morgan fingerprint density at radius 3 is 0.940 bits per heavy atom. The third kappa shape index (κ3) is 53.4. The molecule has 6 nitrogen and oxygen atoms in total. The summed E-state index contributed by atoms with van der Waals surface area (Å²) in [5.41, 5.74) is 0. The normalized spacial score (nSPS) is 12.3. The van der Waals surface area contributed by atoms with Crippen LogP contribution in [0, 0.1) is 0 Å². The Morgan fingerprint density at radius 2 is 0.567 bits per heavy atom. The number of unbranched alkanes of at least 4 members (excludes halogenated alkanes) is 25. The summed E-state index contributed by atoms with van der Waals surface area (Å²) >= 11 is 0. The van der Waals surface area contributed by atoms with Crippen molar-refractivity contribution < 1.29 is 28.6 Å². The fourth-order valence-electron chi connectivity index (χ4n) is 7.59. The lowest BCUT2D eigenvalue weighted by Gasteiger charge is -2.18. The summed E-state index contributed by atoms with van der Waals surface area (Å²) in [6.45, 7) is 6.53. The molecule has 0 rings (SSSR count). The largest absolute Gasteiger partial charge is 0.462 e. The van der Waals surface area contributed by atoms with Crippen LogP contribution in [0.5, 0.6) is 0 Å². The first-order valence-corrected chi connectivity index (χ1v) is 28.1. The maximum atomic E-state index is 12.8. The van der Waals surface area contributed by atoms with E-state index in [1.54, 1.807) is 0 Å². The number of carbonyl (C=O) groups excluding carboxylic acids is 3. The molecule has 6 heteroatoms. The van der Waals surface area contributed by atoms with Crippen LogP contribution in [0.4, 0.5) is 0 Å². The zero-order valence-corrected chi connectivity index (χ0v) is 43.9. The summed E-state index contributed by atoms with van der Waals surface area (Å²) in [5, 5.41) is 0. The highest BCUT2D eigenvalue weighted by molar-refractivity contribution is 5.71. The average molecular weight is 933 g/mol. The van der Waals surface area contributed by atoms with E-state index < -0.39 is 12.1 Å². The quantitative estimate of drug-likeness (QED) is 0.0262. The SMILES string of the molecule is CCCCC/C=C\C/C=C\C/C=C\C/C=C\C/C=C\CCC(=O)OC(COC(=O)CCCCCCC/C=C\CCCCCCCC)COC(=O)CCCCCCC/C=C\CCCCCCCC. The number of ether oxygens (including phenoxy) is 3. The van der Waals surface area contributed by atoms with Gasteiger partial charge >= 0.3 is 17.9 Å². The van der Waals surface area contributed by atoms with Crippen LogP contribution in [-0.4, -0.2) is 37.2 Å². The smallest absolute Gasteiger partial charge is 0.306 e. The van der Waals surface area contributed by atoms with Crippen molar-refractivity contribution in [1.82, 2.24) is 0 Å². The van der Waals surface area contributed by atoms with E-state index in [0.29, 0.717) is 19.3 Å². The summed E-state index contributed by atoms with van der Waals surface area (Å²) in [6, 6.07) is 0. The van der Waals surface area contributed by atoms with Gasteiger partial charge in [-0.25, -0.2) is 0 Å². The summed E-state index contributed by atoms with van der Waals surface area (Å²) in [6.07, 6.45) is 71.5. The standard InChI is InChI=1S/C61H104O6/c1-4-7-10-13-16-19-22-25-28-29-30-31-34-37-40-43-46-49-52-55-61(64)67-58(56-65-59(62)53-50-47-44-41-38-35-32-26-23-20-17-14-11-8-5-2)57-66-60(63)54-51-48-45-42-39-36-33-27-24-21-18-15-12-9-6-3/h16,19,25-28,30-33,37,40,46,49,58H,4-15,17-18,20-24,29,34-36,38-39,41-45,47-48,50-57H2,1-3H3/b19-16-,28-25-,31-30-,32-26-,33-27-,40-37-,49-46-. The van der Waals surface area contributed by atoms with Gasteiger partial charge in [0.2, 0.25) is 0 Å². The van der Waals surface area contributed by atoms with Gasteiger partial charge in [0.05, 0.1) is 0 Å². The molecular weight excluding hydrogens is 829 g/mol. The average Bonchev–Trinajstić information content (AvgIpc) is 3.33. The predicted octanol–water partition coefficient (Wildman–Crippen LogP) is 18.8. The molecule has 67 heavy (non-hydrogen) atoms. The lowest BCUT2D eigenvalue weighted by molar-refractivity contribution is -0.166. The van der Waals surface area contributed by atoms with Crippen molar-refractivity contribution in [2.24, 2.45) is 0 Å². The molecule has 0 fully saturated rings. The number of carbonyl (C=O) groups is 3. The van der Waals surface area contributed by atoms with Crippen molar-refractivity contribution >= 4 is 17.9 Å². The van der Waals surface area contributed by atoms with Crippen LogP contribution >= 0.6 is 0 Å². The van der Waals surface area contributed by atoms with Gasteiger partial charge in [0.15, 0.2) is 6.10 Å². The molecule has 0 spiro atoms. The van der Waals surface area contributed by atoms with E-state index in [4.69, 9.17) is 14.2 Å². The highest BCUT2D eigenvalue weighted by Gasteiger charge is 2.19. The van der Waals surface area contributed by atoms with Gasteiger partial charge in [0, 0.05) is 19.3 Å². The Morgan fingerprint density at radius 1 is 0.299 bits per heavy atom. The van der Waals surface area contributed by atoms with E-state index >= 15 is 0 Å². The highest BCUT2D eigenvalue weighted by Crippen LogP contribution is 2.13. The molecule has 0 aliphatic carbocycles. The van der Waals surface area contributed by atoms with Crippen molar-refractivity contribution in [2.75, 3.05) is 13.2 Å². The van der Waals surface area contributed by atoms with Crippen molar-refractivity contribution in [1.29, 1.82) is 0 Å². The molecule has 0 amide bonds. The molecule has 0 saturated carbocycles. The molecule has 0 unspecified atom stereocenters. The van der Waals surface area contributed by atoms with E-state index in [-0.39, 0.29) is 31.6 Å². The third-order valence-corrected chi connectivity index (χ3v) is 11.9. The van der Waals surface area contributed by atoms with E-state index in [1.807, 2.05) is 6.08 Å². The van der Waals surface area contributed by atoms with Gasteiger partial charge in [0.25, 0.3) is 0 Å². The molecule has 0 aromatic rings. The van der Waals surface area contributed by atoms with Crippen molar-refractivity contribution in [3.05, 3.63) is 85.1 Å². The summed E-state index contributed by atoms with van der Waals surface area (Å²) < 4.78 is 16.8. The van der Waals surface area contributed by atoms with E-state index in [9.17, 15) is 14.4 Å². The van der Waals surface area contributed by atoms with Crippen LogP contribution in [0.25, 0.3) is 0 Å². The highest BCUT2D eigenvalue weighted by atomic mass is 16.6. The van der Waals surface area contributed by atoms with Crippen molar-refractivity contribution in [3.8, 4) is 0 Å². The molecule has 0 aromatic heterocycles. The second-order valence-corrected chi connectivity index (χ2v) is 18.5. The second kappa shape index (κ2) is 55.2. The molecule has 0 radical (unpaired) electrons. The molecule has 0 aliphatic rings. The van der Waals surface area contributed by atoms with Gasteiger partial charge in [0.1, 0.15) is 13.2 Å². The van der Waals surface area contributed by atoms with Gasteiger partial charge in [-0.2, -0.15) is 0 Å². The minimum atomic E-state index is -0.823. The Kier molecular flexibility index (Phi) is 52.4. The Labute approximate surface area is 414 Å². The Hall–Kier alpha value is -3.41. The number of rotatable bonds is 50. The lowest BCUT2D eigenvalue weighted by atomic mass is 10.1. The van der Waals surface area contributed by atoms with Crippen molar-refractivity contribution in [2.45, 2.75) is 271 Å². The second-order valence-electron chi connectivity index (χ2n) is 18.5. The number of hydrogen-bond donors (Lipinski definition) is 0. The first-order valence-electron chi connectivity index (χ1n) is 28.1. The van der Waals surface area contributed by atoms with Gasteiger partial charge in [-0.1, -0.05) is 221 Å². The van der Waals surface area contributed by atoms with Crippen LogP contribution < -0.4 is 0 Å². The zero-order valence-electron chi connectivity index (χ0n) is 43.9. The molecule has 0 aliphatic heterocycles. The molecule has 384 valence electrons. The minimum Gasteiger partial charge on any atom is -0.462 e. The molecule has 0 saturated heterocycles. The Bertz CT molecular complexity index is 1250. The molecule has 0 aromatic carbocycles. The van der Waals surface area contributed by atoms with Crippen LogP contribution in [0.1, 0.15) is 265 Å². The fourth-order valence-corrected chi connectivity index (χ4v) is 7.59. The van der Waals surface area contributed by atoms with Gasteiger partial charge < -0.3 is 14.2 Å². The van der Waals surface area contributed by atoms with Gasteiger partial charge in [-0.3, -0.25) is 14.4 Å². The molecule has 0 heterocycles. The van der Waals surface area contributed by atoms with Crippen LogP contribution in [0.15, 0.2) is 85.1 Å². The predicted molar refractivity (Wildman–Crippen MR) is 288 cm³/mol. The van der Waals surface area contributed by atoms with Gasteiger partial charge in [-0.15, -0.1) is 0 Å². The molecular formula is C61H104O6. The minimum absolute atomic E-state index is 0.113. The summed E-state index contributed by atoms with van der Waals surface area (Å²) in [7, 11) is 0. The van der Waals surface area contributed by atoms with Crippen LogP contribution in [-0.2, 0) is 28.6 Å². The molecule has 0 atom stereocenters. The van der Waals surface area contributed by atoms with E-state index in [0.717, 1.165) is 89.9 Å². The summed E-state index contributed by atoms with van der Waals surface area (Å²) in [5.74, 6) is -1.01.